The maximum absolute atomic E-state index is 12.1. The molecule has 8 nitrogen and oxygen atoms in total. The number of aryl methyl sites for hydroxylation is 1. The van der Waals surface area contributed by atoms with Crippen molar-refractivity contribution in [2.45, 2.75) is 26.3 Å². The molecule has 1 heterocycles. The Balaban J connectivity index is 2.17. The van der Waals surface area contributed by atoms with Crippen LogP contribution in [0.15, 0.2) is 18.2 Å². The summed E-state index contributed by atoms with van der Waals surface area (Å²) >= 11 is 0. The first-order valence-electron chi connectivity index (χ1n) is 6.67. The summed E-state index contributed by atoms with van der Waals surface area (Å²) in [6.07, 6.45) is 0.113. The Bertz CT molecular complexity index is 649. The number of hydrogen-bond acceptors (Lipinski definition) is 4. The van der Waals surface area contributed by atoms with Crippen LogP contribution < -0.4 is 16.5 Å². The van der Waals surface area contributed by atoms with Crippen molar-refractivity contribution in [1.82, 2.24) is 5.06 Å². The molecule has 0 aliphatic carbocycles. The number of imide groups is 1. The summed E-state index contributed by atoms with van der Waals surface area (Å²) in [5, 5.41) is 0.522. The number of carbonyl (C=O) groups excluding carboxylic acids is 3. The normalized spacial score (nSPS) is 14.1. The number of nitrogens with one attached hydrogen (secondary N) is 1. The van der Waals surface area contributed by atoms with Gasteiger partial charge in [-0.2, -0.15) is 0 Å². The van der Waals surface area contributed by atoms with Gasteiger partial charge in [0, 0.05) is 12.8 Å². The molecule has 2 rings (SSSR count). The van der Waals surface area contributed by atoms with Gasteiger partial charge in [-0.25, -0.2) is 4.79 Å². The van der Waals surface area contributed by atoms with Crippen LogP contribution in [0.25, 0.3) is 0 Å². The van der Waals surface area contributed by atoms with Crippen molar-refractivity contribution >= 4 is 23.7 Å². The summed E-state index contributed by atoms with van der Waals surface area (Å²) < 4.78 is 0. The molecule has 1 aliphatic rings. The first-order valence-corrected chi connectivity index (χ1v) is 6.67. The smallest absolute Gasteiger partial charge is 0.325 e. The van der Waals surface area contributed by atoms with E-state index in [-0.39, 0.29) is 24.4 Å². The molecule has 1 aromatic rings. The molecule has 0 bridgehead atoms. The summed E-state index contributed by atoms with van der Waals surface area (Å²) in [6.45, 7) is 2.15. The minimum absolute atomic E-state index is 0.0563. The highest BCUT2D eigenvalue weighted by Gasteiger charge is 2.33. The van der Waals surface area contributed by atoms with Crippen molar-refractivity contribution in [2.75, 3.05) is 0 Å². The van der Waals surface area contributed by atoms with Gasteiger partial charge in [0.1, 0.15) is 0 Å². The van der Waals surface area contributed by atoms with E-state index in [0.717, 1.165) is 11.1 Å². The van der Waals surface area contributed by atoms with Crippen molar-refractivity contribution in [3.8, 4) is 0 Å². The van der Waals surface area contributed by atoms with Crippen molar-refractivity contribution < 1.29 is 24.2 Å². The number of nitrogens with zero attached hydrogens (tertiary/aromatic N) is 1. The van der Waals surface area contributed by atoms with Gasteiger partial charge < -0.3 is 4.84 Å². The maximum atomic E-state index is 12.1. The molecule has 1 fully saturated rings. The number of hydroxylamine groups is 2. The van der Waals surface area contributed by atoms with E-state index in [4.69, 9.17) is 16.3 Å². The largest absolute Gasteiger partial charge is 0.363 e. The summed E-state index contributed by atoms with van der Waals surface area (Å²) in [5.41, 5.74) is 12.5. The molecule has 0 aromatic heterocycles. The standard InChI is InChI=1S/C14H16N4O4/c1-8-4-9(7-17-14(15)16)6-10(5-8)13(21)22-18-11(19)2-3-12(18)20/h4-6H,2-3,7H2,1H3,(H4,15,16,17)/p+1. The molecule has 1 aromatic carbocycles. The van der Waals surface area contributed by atoms with Gasteiger partial charge >= 0.3 is 11.9 Å². The number of amides is 2. The highest BCUT2D eigenvalue weighted by Crippen LogP contribution is 2.16. The van der Waals surface area contributed by atoms with Crippen LogP contribution in [0.1, 0.15) is 34.3 Å². The lowest BCUT2D eigenvalue weighted by molar-refractivity contribution is -0.477. The number of hydrogen-bond donors (Lipinski definition) is 3. The Morgan fingerprint density at radius 2 is 1.86 bits per heavy atom. The lowest BCUT2D eigenvalue weighted by atomic mass is 10.1. The Kier molecular flexibility index (Phi) is 4.40. The topological polar surface area (TPSA) is 130 Å². The van der Waals surface area contributed by atoms with Crippen LogP contribution in [0.2, 0.25) is 0 Å². The Hall–Kier alpha value is -2.90. The lowest BCUT2D eigenvalue weighted by Gasteiger charge is -2.13. The number of nitrogens with two attached hydrogens (primary N) is 2. The van der Waals surface area contributed by atoms with Crippen LogP contribution >= 0.6 is 0 Å². The van der Waals surface area contributed by atoms with Gasteiger partial charge in [-0.15, -0.1) is 5.06 Å². The van der Waals surface area contributed by atoms with Gasteiger partial charge in [-0.1, -0.05) is 6.07 Å². The van der Waals surface area contributed by atoms with Crippen molar-refractivity contribution in [2.24, 2.45) is 11.5 Å². The molecule has 116 valence electrons. The minimum Gasteiger partial charge on any atom is -0.325 e. The number of rotatable bonds is 4. The van der Waals surface area contributed by atoms with Crippen LogP contribution in [0.5, 0.6) is 0 Å². The molecule has 0 unspecified atom stereocenters. The molecule has 1 aliphatic heterocycles. The maximum Gasteiger partial charge on any atom is 0.363 e. The van der Waals surface area contributed by atoms with Crippen LogP contribution in [-0.4, -0.2) is 28.8 Å². The van der Waals surface area contributed by atoms with E-state index in [0.29, 0.717) is 11.6 Å². The Morgan fingerprint density at radius 1 is 1.23 bits per heavy atom. The van der Waals surface area contributed by atoms with E-state index in [9.17, 15) is 14.4 Å². The van der Waals surface area contributed by atoms with E-state index in [1.54, 1.807) is 12.1 Å². The zero-order chi connectivity index (χ0) is 16.3. The third-order valence-corrected chi connectivity index (χ3v) is 3.05. The molecule has 1 saturated heterocycles. The molecule has 5 N–H and O–H groups in total. The first-order chi connectivity index (χ1) is 10.4. The van der Waals surface area contributed by atoms with Gasteiger partial charge in [-0.05, 0) is 30.2 Å². The predicted molar refractivity (Wildman–Crippen MR) is 75.7 cm³/mol. The van der Waals surface area contributed by atoms with E-state index < -0.39 is 17.8 Å². The van der Waals surface area contributed by atoms with Crippen LogP contribution in [0, 0.1) is 6.92 Å². The third kappa shape index (κ3) is 3.60. The fourth-order valence-electron chi connectivity index (χ4n) is 2.08. The van der Waals surface area contributed by atoms with E-state index >= 15 is 0 Å². The average Bonchev–Trinajstić information content (AvgIpc) is 2.76. The molecule has 22 heavy (non-hydrogen) atoms. The first kappa shape index (κ1) is 15.5. The summed E-state index contributed by atoms with van der Waals surface area (Å²) in [6, 6.07) is 5.03. The Labute approximate surface area is 126 Å². The van der Waals surface area contributed by atoms with E-state index in [1.165, 1.54) is 0 Å². The summed E-state index contributed by atoms with van der Waals surface area (Å²) in [7, 11) is 0. The lowest BCUT2D eigenvalue weighted by Crippen LogP contribution is -2.76. The van der Waals surface area contributed by atoms with E-state index in [1.807, 2.05) is 13.0 Å². The second kappa shape index (κ2) is 6.25. The van der Waals surface area contributed by atoms with Gasteiger partial charge in [-0.3, -0.25) is 26.0 Å². The van der Waals surface area contributed by atoms with Crippen LogP contribution in [0.3, 0.4) is 0 Å². The molecule has 0 atom stereocenters. The van der Waals surface area contributed by atoms with Crippen molar-refractivity contribution in [3.63, 3.8) is 0 Å². The van der Waals surface area contributed by atoms with Crippen LogP contribution in [0.4, 0.5) is 0 Å². The van der Waals surface area contributed by atoms with E-state index in [2.05, 4.69) is 4.99 Å². The number of carbonyl (C=O) groups is 3. The zero-order valence-corrected chi connectivity index (χ0v) is 12.1. The minimum atomic E-state index is -0.766. The average molecular weight is 305 g/mol. The zero-order valence-electron chi connectivity index (χ0n) is 12.1. The SMILES string of the molecule is Cc1cc(C[NH+]=C(N)N)cc(C(=O)ON2C(=O)CCC2=O)c1. The molecule has 2 amide bonds. The fraction of sp³-hybridized carbons (Fsp3) is 0.286. The monoisotopic (exact) mass is 305 g/mol. The summed E-state index contributed by atoms with van der Waals surface area (Å²) in [5.74, 6) is -1.73. The van der Waals surface area contributed by atoms with Crippen molar-refractivity contribution in [1.29, 1.82) is 0 Å². The van der Waals surface area contributed by atoms with Gasteiger partial charge in [0.2, 0.25) is 0 Å². The second-order valence-corrected chi connectivity index (χ2v) is 4.98. The predicted octanol–water partition coefficient (Wildman–Crippen LogP) is -1.93. The highest BCUT2D eigenvalue weighted by atomic mass is 16.7. The molecular weight excluding hydrogens is 288 g/mol. The Morgan fingerprint density at radius 3 is 2.45 bits per heavy atom. The van der Waals surface area contributed by atoms with Gasteiger partial charge in [0.25, 0.3) is 11.8 Å². The molecule has 0 spiro atoms. The third-order valence-electron chi connectivity index (χ3n) is 3.05. The number of benzene rings is 1. The highest BCUT2D eigenvalue weighted by molar-refractivity contribution is 6.02. The summed E-state index contributed by atoms with van der Waals surface area (Å²) in [4.78, 5) is 42.6. The van der Waals surface area contributed by atoms with Gasteiger partial charge in [0.15, 0.2) is 0 Å². The molecule has 0 radical (unpaired) electrons. The second-order valence-electron chi connectivity index (χ2n) is 4.98. The van der Waals surface area contributed by atoms with Gasteiger partial charge in [0.05, 0.1) is 12.1 Å². The van der Waals surface area contributed by atoms with Crippen LogP contribution in [-0.2, 0) is 21.0 Å². The molecule has 0 saturated carbocycles. The molecule has 8 heteroatoms. The van der Waals surface area contributed by atoms with Crippen molar-refractivity contribution in [3.05, 3.63) is 34.9 Å². The number of guanidine groups is 1. The molecular formula is C14H17N4O4+. The quantitative estimate of drug-likeness (QED) is 0.337. The fourth-order valence-corrected chi connectivity index (χ4v) is 2.08.